The molecule has 0 aromatic carbocycles. The Morgan fingerprint density at radius 1 is 1.21 bits per heavy atom. The van der Waals surface area contributed by atoms with Crippen LogP contribution in [0.2, 0.25) is 0 Å². The number of hydrogen-bond donors (Lipinski definition) is 1. The molecule has 2 heterocycles. The van der Waals surface area contributed by atoms with Gasteiger partial charge in [0.2, 0.25) is 0 Å². The van der Waals surface area contributed by atoms with E-state index in [9.17, 15) is 0 Å². The molecule has 0 aromatic rings. The van der Waals surface area contributed by atoms with Gasteiger partial charge in [-0.2, -0.15) is 0 Å². The predicted octanol–water partition coefficient (Wildman–Crippen LogP) is 1.86. The van der Waals surface area contributed by atoms with Crippen molar-refractivity contribution in [2.24, 2.45) is 5.92 Å². The number of rotatable bonds is 3. The van der Waals surface area contributed by atoms with E-state index in [-0.39, 0.29) is 0 Å². The Morgan fingerprint density at radius 2 is 1.79 bits per heavy atom. The summed E-state index contributed by atoms with van der Waals surface area (Å²) in [5.41, 5.74) is 0. The second-order valence-electron chi connectivity index (χ2n) is 5.51. The van der Waals surface area contributed by atoms with E-state index in [2.05, 4.69) is 31.1 Å². The zero-order valence-electron chi connectivity index (χ0n) is 9.79. The Labute approximate surface area is 88.1 Å². The van der Waals surface area contributed by atoms with Gasteiger partial charge in [0.15, 0.2) is 0 Å². The van der Waals surface area contributed by atoms with Crippen LogP contribution in [-0.4, -0.2) is 36.6 Å². The van der Waals surface area contributed by atoms with Gasteiger partial charge in [-0.05, 0) is 52.5 Å². The van der Waals surface area contributed by atoms with Gasteiger partial charge in [0, 0.05) is 24.7 Å². The Kier molecular flexibility index (Phi) is 3.13. The SMILES string of the molecule is CC(C)N(C)CC1CC2CCC(C1)N2. The van der Waals surface area contributed by atoms with Crippen LogP contribution >= 0.6 is 0 Å². The smallest absolute Gasteiger partial charge is 0.00733 e. The third-order valence-corrected chi connectivity index (χ3v) is 4.00. The van der Waals surface area contributed by atoms with Crippen molar-refractivity contribution in [2.45, 2.75) is 57.7 Å². The third kappa shape index (κ3) is 2.29. The lowest BCUT2D eigenvalue weighted by Crippen LogP contribution is -2.42. The molecule has 0 radical (unpaired) electrons. The summed E-state index contributed by atoms with van der Waals surface area (Å²) in [5, 5.41) is 3.70. The molecule has 14 heavy (non-hydrogen) atoms. The summed E-state index contributed by atoms with van der Waals surface area (Å²) in [6.07, 6.45) is 5.67. The fraction of sp³-hybridized carbons (Fsp3) is 1.00. The normalized spacial score (nSPS) is 37.1. The largest absolute Gasteiger partial charge is 0.311 e. The number of nitrogens with zero attached hydrogens (tertiary/aromatic N) is 1. The highest BCUT2D eigenvalue weighted by Gasteiger charge is 2.33. The number of nitrogens with one attached hydrogen (secondary N) is 1. The lowest BCUT2D eigenvalue weighted by atomic mass is 9.92. The van der Waals surface area contributed by atoms with Crippen LogP contribution in [0.4, 0.5) is 0 Å². The zero-order chi connectivity index (χ0) is 10.1. The molecule has 82 valence electrons. The van der Waals surface area contributed by atoms with Crippen LogP contribution in [0.3, 0.4) is 0 Å². The van der Waals surface area contributed by atoms with Gasteiger partial charge in [-0.1, -0.05) is 0 Å². The van der Waals surface area contributed by atoms with Gasteiger partial charge in [0.25, 0.3) is 0 Å². The second kappa shape index (κ2) is 4.19. The molecule has 2 nitrogen and oxygen atoms in total. The summed E-state index contributed by atoms with van der Waals surface area (Å²) in [7, 11) is 2.26. The number of fused-ring (bicyclic) bond motifs is 2. The van der Waals surface area contributed by atoms with E-state index in [0.717, 1.165) is 18.0 Å². The summed E-state index contributed by atoms with van der Waals surface area (Å²) < 4.78 is 0. The maximum atomic E-state index is 3.70. The molecule has 0 aliphatic carbocycles. The van der Waals surface area contributed by atoms with Crippen molar-refractivity contribution < 1.29 is 0 Å². The lowest BCUT2D eigenvalue weighted by molar-refractivity contribution is 0.185. The Bertz CT molecular complexity index is 179. The molecule has 0 spiro atoms. The summed E-state index contributed by atoms with van der Waals surface area (Å²) in [4.78, 5) is 2.50. The van der Waals surface area contributed by atoms with Crippen LogP contribution in [0, 0.1) is 5.92 Å². The van der Waals surface area contributed by atoms with Gasteiger partial charge in [-0.25, -0.2) is 0 Å². The molecular formula is C12H24N2. The van der Waals surface area contributed by atoms with E-state index < -0.39 is 0 Å². The molecule has 2 unspecified atom stereocenters. The van der Waals surface area contributed by atoms with Crippen molar-refractivity contribution in [3.63, 3.8) is 0 Å². The summed E-state index contributed by atoms with van der Waals surface area (Å²) >= 11 is 0. The van der Waals surface area contributed by atoms with Crippen LogP contribution in [0.1, 0.15) is 39.5 Å². The minimum Gasteiger partial charge on any atom is -0.311 e. The monoisotopic (exact) mass is 196 g/mol. The summed E-state index contributed by atoms with van der Waals surface area (Å²) in [6, 6.07) is 2.39. The highest BCUT2D eigenvalue weighted by atomic mass is 15.1. The van der Waals surface area contributed by atoms with E-state index in [4.69, 9.17) is 0 Å². The Hall–Kier alpha value is -0.0800. The van der Waals surface area contributed by atoms with Crippen molar-refractivity contribution in [3.8, 4) is 0 Å². The minimum atomic E-state index is 0.697. The zero-order valence-corrected chi connectivity index (χ0v) is 9.79. The molecular weight excluding hydrogens is 172 g/mol. The summed E-state index contributed by atoms with van der Waals surface area (Å²) in [6.45, 7) is 5.87. The van der Waals surface area contributed by atoms with E-state index in [0.29, 0.717) is 6.04 Å². The first-order valence-electron chi connectivity index (χ1n) is 6.11. The molecule has 0 aromatic heterocycles. The molecule has 0 amide bonds. The van der Waals surface area contributed by atoms with Crippen molar-refractivity contribution in [1.29, 1.82) is 0 Å². The van der Waals surface area contributed by atoms with Crippen LogP contribution in [0.25, 0.3) is 0 Å². The fourth-order valence-electron chi connectivity index (χ4n) is 2.94. The van der Waals surface area contributed by atoms with Crippen molar-refractivity contribution in [3.05, 3.63) is 0 Å². The maximum absolute atomic E-state index is 3.70. The molecule has 2 fully saturated rings. The maximum Gasteiger partial charge on any atom is 0.00733 e. The molecule has 0 saturated carbocycles. The molecule has 2 aliphatic heterocycles. The number of piperidine rings is 1. The van der Waals surface area contributed by atoms with E-state index >= 15 is 0 Å². The molecule has 2 bridgehead atoms. The van der Waals surface area contributed by atoms with Gasteiger partial charge in [-0.15, -0.1) is 0 Å². The van der Waals surface area contributed by atoms with Gasteiger partial charge in [0.1, 0.15) is 0 Å². The first-order valence-corrected chi connectivity index (χ1v) is 6.11. The molecule has 2 aliphatic rings. The standard InChI is InChI=1S/C12H24N2/c1-9(2)14(3)8-10-6-11-4-5-12(7-10)13-11/h9-13H,4-8H2,1-3H3. The van der Waals surface area contributed by atoms with Crippen LogP contribution in [-0.2, 0) is 0 Å². The van der Waals surface area contributed by atoms with E-state index in [1.165, 1.54) is 32.2 Å². The van der Waals surface area contributed by atoms with E-state index in [1.807, 2.05) is 0 Å². The lowest BCUT2D eigenvalue weighted by Gasteiger charge is -2.33. The first kappa shape index (κ1) is 10.4. The van der Waals surface area contributed by atoms with Crippen molar-refractivity contribution in [1.82, 2.24) is 10.2 Å². The Morgan fingerprint density at radius 3 is 2.29 bits per heavy atom. The first-order chi connectivity index (χ1) is 6.65. The van der Waals surface area contributed by atoms with Crippen LogP contribution in [0.5, 0.6) is 0 Å². The Balaban J connectivity index is 1.82. The highest BCUT2D eigenvalue weighted by molar-refractivity contribution is 4.92. The average Bonchev–Trinajstić information content (AvgIpc) is 2.45. The second-order valence-corrected chi connectivity index (χ2v) is 5.51. The van der Waals surface area contributed by atoms with Crippen LogP contribution < -0.4 is 5.32 Å². The predicted molar refractivity (Wildman–Crippen MR) is 60.4 cm³/mol. The fourth-order valence-corrected chi connectivity index (χ4v) is 2.94. The molecule has 2 rings (SSSR count). The molecule has 2 atom stereocenters. The molecule has 2 heteroatoms. The summed E-state index contributed by atoms with van der Waals surface area (Å²) in [5.74, 6) is 0.946. The molecule has 1 N–H and O–H groups in total. The number of hydrogen-bond acceptors (Lipinski definition) is 2. The average molecular weight is 196 g/mol. The quantitative estimate of drug-likeness (QED) is 0.741. The third-order valence-electron chi connectivity index (χ3n) is 4.00. The van der Waals surface area contributed by atoms with Crippen LogP contribution in [0.15, 0.2) is 0 Å². The minimum absolute atomic E-state index is 0.697. The van der Waals surface area contributed by atoms with E-state index in [1.54, 1.807) is 0 Å². The molecule has 2 saturated heterocycles. The van der Waals surface area contributed by atoms with Gasteiger partial charge in [0.05, 0.1) is 0 Å². The van der Waals surface area contributed by atoms with Crippen molar-refractivity contribution >= 4 is 0 Å². The highest BCUT2D eigenvalue weighted by Crippen LogP contribution is 2.31. The van der Waals surface area contributed by atoms with Gasteiger partial charge < -0.3 is 10.2 Å². The topological polar surface area (TPSA) is 15.3 Å². The van der Waals surface area contributed by atoms with Crippen molar-refractivity contribution in [2.75, 3.05) is 13.6 Å². The van der Waals surface area contributed by atoms with Gasteiger partial charge in [-0.3, -0.25) is 0 Å². The van der Waals surface area contributed by atoms with Gasteiger partial charge >= 0.3 is 0 Å².